The molecule has 0 atom stereocenters. The number of halogens is 1. The van der Waals surface area contributed by atoms with Crippen LogP contribution in [0.15, 0.2) is 65.1 Å². The molecular weight excluding hydrogens is 434 g/mol. The van der Waals surface area contributed by atoms with Crippen LogP contribution in [0, 0.1) is 6.92 Å². The lowest BCUT2D eigenvalue weighted by Crippen LogP contribution is -2.19. The summed E-state index contributed by atoms with van der Waals surface area (Å²) in [6, 6.07) is 19.4. The molecule has 0 spiro atoms. The van der Waals surface area contributed by atoms with E-state index < -0.39 is 12.1 Å². The first-order valence-corrected chi connectivity index (χ1v) is 9.90. The number of anilines is 1. The molecule has 0 fully saturated rings. The zero-order chi connectivity index (χ0) is 20.5. The van der Waals surface area contributed by atoms with Crippen LogP contribution < -0.4 is 5.32 Å². The first kappa shape index (κ1) is 19.2. The van der Waals surface area contributed by atoms with Crippen molar-refractivity contribution in [3.05, 3.63) is 87.4 Å². The largest absolute Gasteiger partial charge is 0.478 e. The van der Waals surface area contributed by atoms with Crippen LogP contribution in [0.3, 0.4) is 0 Å². The van der Waals surface area contributed by atoms with Gasteiger partial charge in [0.25, 0.3) is 0 Å². The molecule has 0 heterocycles. The van der Waals surface area contributed by atoms with Gasteiger partial charge in [0.15, 0.2) is 0 Å². The molecule has 0 aliphatic heterocycles. The summed E-state index contributed by atoms with van der Waals surface area (Å²) in [5.74, 6) is -1.18. The van der Waals surface area contributed by atoms with E-state index >= 15 is 0 Å². The number of carbonyl (C=O) groups excluding carboxylic acids is 1. The lowest BCUT2D eigenvalue weighted by molar-refractivity contribution is 0.0698. The Morgan fingerprint density at radius 3 is 2.21 bits per heavy atom. The molecule has 3 aromatic carbocycles. The first-order valence-electron chi connectivity index (χ1n) is 9.11. The maximum atomic E-state index is 12.5. The fourth-order valence-corrected chi connectivity index (χ4v) is 4.45. The smallest absolute Gasteiger partial charge is 0.411 e. The molecule has 0 bridgehead atoms. The molecule has 0 saturated carbocycles. The lowest BCUT2D eigenvalue weighted by Gasteiger charge is -2.16. The SMILES string of the molecule is Cc1cc(Br)c(NC(=O)OCC2c3ccccc3-c3ccccc32)c(C(=O)O)c1. The number of fused-ring (bicyclic) bond motifs is 3. The fourth-order valence-electron chi connectivity index (χ4n) is 3.77. The van der Waals surface area contributed by atoms with Gasteiger partial charge in [-0.3, -0.25) is 5.32 Å². The molecule has 5 nitrogen and oxygen atoms in total. The van der Waals surface area contributed by atoms with Crippen LogP contribution in [0.25, 0.3) is 11.1 Å². The molecule has 4 rings (SSSR count). The first-order chi connectivity index (χ1) is 14.0. The third kappa shape index (κ3) is 3.63. The van der Waals surface area contributed by atoms with Crippen LogP contribution in [-0.4, -0.2) is 23.8 Å². The van der Waals surface area contributed by atoms with E-state index in [1.807, 2.05) is 36.4 Å². The number of nitrogens with one attached hydrogen (secondary N) is 1. The summed E-state index contributed by atoms with van der Waals surface area (Å²) in [5.41, 5.74) is 5.48. The van der Waals surface area contributed by atoms with Crippen molar-refractivity contribution in [3.8, 4) is 11.1 Å². The van der Waals surface area contributed by atoms with E-state index in [2.05, 4.69) is 33.4 Å². The number of benzene rings is 3. The monoisotopic (exact) mass is 451 g/mol. The minimum atomic E-state index is -1.12. The number of rotatable bonds is 4. The number of hydrogen-bond donors (Lipinski definition) is 2. The topological polar surface area (TPSA) is 75.6 Å². The third-order valence-electron chi connectivity index (χ3n) is 5.04. The molecule has 1 aliphatic carbocycles. The number of carboxylic acids is 1. The molecule has 146 valence electrons. The summed E-state index contributed by atoms with van der Waals surface area (Å²) in [6.07, 6.45) is -0.695. The molecular formula is C23H18BrNO4. The summed E-state index contributed by atoms with van der Waals surface area (Å²) in [5, 5.41) is 12.0. The second kappa shape index (κ2) is 7.72. The highest BCUT2D eigenvalue weighted by atomic mass is 79.9. The molecule has 0 radical (unpaired) electrons. The summed E-state index contributed by atoms with van der Waals surface area (Å²) in [4.78, 5) is 24.0. The van der Waals surface area contributed by atoms with Gasteiger partial charge in [0.1, 0.15) is 6.61 Å². The Labute approximate surface area is 176 Å². The number of aromatic carboxylic acids is 1. The summed E-state index contributed by atoms with van der Waals surface area (Å²) < 4.78 is 5.99. The average Bonchev–Trinajstić information content (AvgIpc) is 3.02. The molecule has 6 heteroatoms. The highest BCUT2D eigenvalue weighted by Gasteiger charge is 2.29. The quantitative estimate of drug-likeness (QED) is 0.524. The van der Waals surface area contributed by atoms with Crippen LogP contribution in [0.1, 0.15) is 33.0 Å². The fraction of sp³-hybridized carbons (Fsp3) is 0.130. The van der Waals surface area contributed by atoms with Gasteiger partial charge < -0.3 is 9.84 Å². The summed E-state index contributed by atoms with van der Waals surface area (Å²) in [7, 11) is 0. The van der Waals surface area contributed by atoms with Crippen molar-refractivity contribution in [1.29, 1.82) is 0 Å². The predicted molar refractivity (Wildman–Crippen MR) is 115 cm³/mol. The van der Waals surface area contributed by atoms with E-state index in [1.165, 1.54) is 6.07 Å². The van der Waals surface area contributed by atoms with Crippen LogP contribution in [0.2, 0.25) is 0 Å². The Kier molecular flexibility index (Phi) is 5.11. The van der Waals surface area contributed by atoms with Crippen LogP contribution in [-0.2, 0) is 4.74 Å². The van der Waals surface area contributed by atoms with E-state index in [9.17, 15) is 14.7 Å². The van der Waals surface area contributed by atoms with Crippen molar-refractivity contribution < 1.29 is 19.4 Å². The van der Waals surface area contributed by atoms with Gasteiger partial charge in [-0.1, -0.05) is 48.5 Å². The Hall–Kier alpha value is -3.12. The average molecular weight is 452 g/mol. The Balaban J connectivity index is 1.54. The van der Waals surface area contributed by atoms with Crippen LogP contribution in [0.4, 0.5) is 10.5 Å². The highest BCUT2D eigenvalue weighted by Crippen LogP contribution is 2.44. The minimum absolute atomic E-state index is 0.00498. The lowest BCUT2D eigenvalue weighted by atomic mass is 9.98. The number of carbonyl (C=O) groups is 2. The van der Waals surface area contributed by atoms with Crippen molar-refractivity contribution in [2.75, 3.05) is 11.9 Å². The van der Waals surface area contributed by atoms with Crippen LogP contribution >= 0.6 is 15.9 Å². The normalized spacial score (nSPS) is 12.2. The predicted octanol–water partition coefficient (Wildman–Crippen LogP) is 5.82. The maximum absolute atomic E-state index is 12.5. The van der Waals surface area contributed by atoms with Gasteiger partial charge in [0, 0.05) is 10.4 Å². The van der Waals surface area contributed by atoms with Gasteiger partial charge in [-0.15, -0.1) is 0 Å². The summed E-state index contributed by atoms with van der Waals surface area (Å²) >= 11 is 3.32. The molecule has 3 aromatic rings. The zero-order valence-electron chi connectivity index (χ0n) is 15.6. The van der Waals surface area contributed by atoms with Gasteiger partial charge in [-0.2, -0.15) is 0 Å². The van der Waals surface area contributed by atoms with Gasteiger partial charge in [0.2, 0.25) is 0 Å². The van der Waals surface area contributed by atoms with E-state index in [4.69, 9.17) is 4.74 Å². The van der Waals surface area contributed by atoms with Gasteiger partial charge in [0.05, 0.1) is 11.3 Å². The van der Waals surface area contributed by atoms with Crippen molar-refractivity contribution in [1.82, 2.24) is 0 Å². The minimum Gasteiger partial charge on any atom is -0.478 e. The molecule has 2 N–H and O–H groups in total. The number of aryl methyl sites for hydroxylation is 1. The van der Waals surface area contributed by atoms with Gasteiger partial charge >= 0.3 is 12.1 Å². The molecule has 0 unspecified atom stereocenters. The number of ether oxygens (including phenoxy) is 1. The van der Waals surface area contributed by atoms with Crippen LogP contribution in [0.5, 0.6) is 0 Å². The van der Waals surface area contributed by atoms with E-state index in [0.717, 1.165) is 27.8 Å². The Morgan fingerprint density at radius 1 is 1.03 bits per heavy atom. The Bertz CT molecular complexity index is 1080. The summed E-state index contributed by atoms with van der Waals surface area (Å²) in [6.45, 7) is 1.94. The highest BCUT2D eigenvalue weighted by molar-refractivity contribution is 9.10. The third-order valence-corrected chi connectivity index (χ3v) is 5.66. The van der Waals surface area contributed by atoms with E-state index in [1.54, 1.807) is 13.0 Å². The van der Waals surface area contributed by atoms with E-state index in [-0.39, 0.29) is 23.8 Å². The molecule has 1 aliphatic rings. The second-order valence-electron chi connectivity index (χ2n) is 6.93. The number of amides is 1. The zero-order valence-corrected chi connectivity index (χ0v) is 17.2. The molecule has 29 heavy (non-hydrogen) atoms. The van der Waals surface area contributed by atoms with Gasteiger partial charge in [-0.05, 0) is 62.8 Å². The maximum Gasteiger partial charge on any atom is 0.411 e. The van der Waals surface area contributed by atoms with Crippen molar-refractivity contribution in [2.45, 2.75) is 12.8 Å². The number of hydrogen-bond acceptors (Lipinski definition) is 3. The Morgan fingerprint density at radius 2 is 1.62 bits per heavy atom. The molecule has 0 saturated heterocycles. The van der Waals surface area contributed by atoms with Crippen molar-refractivity contribution >= 4 is 33.7 Å². The standard InChI is InChI=1S/C23H18BrNO4/c1-13-10-18(22(26)27)21(20(24)11-13)25-23(28)29-12-19-16-8-4-2-6-14(16)15-7-3-5-9-17(15)19/h2-11,19H,12H2,1H3,(H,25,28)(H,26,27). The van der Waals surface area contributed by atoms with Crippen molar-refractivity contribution in [2.24, 2.45) is 0 Å². The second-order valence-corrected chi connectivity index (χ2v) is 7.78. The molecule has 1 amide bonds. The van der Waals surface area contributed by atoms with Gasteiger partial charge in [-0.25, -0.2) is 9.59 Å². The molecule has 0 aromatic heterocycles. The van der Waals surface area contributed by atoms with E-state index in [0.29, 0.717) is 4.47 Å². The number of carboxylic acid groups (broad SMARTS) is 1. The van der Waals surface area contributed by atoms with Crippen molar-refractivity contribution in [3.63, 3.8) is 0 Å².